The van der Waals surface area contributed by atoms with Gasteiger partial charge >= 0.3 is 6.09 Å². The van der Waals surface area contributed by atoms with E-state index in [1.807, 2.05) is 30.3 Å². The first kappa shape index (κ1) is 22.7. The number of ether oxygens (including phenoxy) is 1. The van der Waals surface area contributed by atoms with Crippen molar-refractivity contribution in [3.63, 3.8) is 0 Å². The fourth-order valence-corrected chi connectivity index (χ4v) is 2.70. The number of rotatable bonds is 13. The van der Waals surface area contributed by atoms with Gasteiger partial charge in [-0.2, -0.15) is 0 Å². The summed E-state index contributed by atoms with van der Waals surface area (Å²) >= 11 is 0. The zero-order chi connectivity index (χ0) is 19.9. The minimum atomic E-state index is -0.858. The Kier molecular flexibility index (Phi) is 11.6. The highest BCUT2D eigenvalue weighted by molar-refractivity contribution is 5.92. The lowest BCUT2D eigenvalue weighted by Crippen LogP contribution is -2.44. The van der Waals surface area contributed by atoms with Crippen molar-refractivity contribution in [2.45, 2.75) is 64.3 Å². The van der Waals surface area contributed by atoms with Gasteiger partial charge in [-0.25, -0.2) is 4.79 Å². The van der Waals surface area contributed by atoms with Crippen LogP contribution in [0.4, 0.5) is 4.79 Å². The first-order chi connectivity index (χ1) is 13.1. The third-order valence-corrected chi connectivity index (χ3v) is 4.31. The zero-order valence-electron chi connectivity index (χ0n) is 16.5. The summed E-state index contributed by atoms with van der Waals surface area (Å²) in [5, 5.41) is 5.04. The fraction of sp³-hybridized carbons (Fsp3) is 0.571. The quantitative estimate of drug-likeness (QED) is 0.517. The highest BCUT2D eigenvalue weighted by Gasteiger charge is 2.23. The number of carbonyl (C=O) groups excluding carboxylic acids is 3. The van der Waals surface area contributed by atoms with E-state index in [1.165, 1.54) is 7.05 Å². The predicted molar refractivity (Wildman–Crippen MR) is 105 cm³/mol. The molecule has 27 heavy (non-hydrogen) atoms. The van der Waals surface area contributed by atoms with Crippen molar-refractivity contribution in [1.29, 1.82) is 0 Å². The lowest BCUT2D eigenvalue weighted by atomic mass is 10.0. The van der Waals surface area contributed by atoms with E-state index in [0.717, 1.165) is 37.7 Å². The summed E-state index contributed by atoms with van der Waals surface area (Å²) in [6.45, 7) is 2.43. The molecule has 2 amide bonds. The molecule has 0 saturated heterocycles. The maximum absolute atomic E-state index is 12.5. The standard InChI is InChI=1S/C21H32N2O4/c1-3-4-5-9-15-27-21(26)23-18(16-20(25)22-2)19(24)14-10-13-17-11-7-6-8-12-17/h6-8,11-12,18H,3-5,9-10,13-16H2,1-2H3,(H,22,25)(H,23,26)/t18-/m1/s1. The van der Waals surface area contributed by atoms with Crippen LogP contribution in [0.15, 0.2) is 30.3 Å². The SMILES string of the molecule is CCCCCCOC(=O)N[C@H](CC(=O)NC)C(=O)CCCc1ccccc1. The van der Waals surface area contributed by atoms with Gasteiger partial charge in [-0.05, 0) is 24.8 Å². The smallest absolute Gasteiger partial charge is 0.407 e. The van der Waals surface area contributed by atoms with Crippen LogP contribution in [0, 0.1) is 0 Å². The molecule has 2 N–H and O–H groups in total. The number of alkyl carbamates (subject to hydrolysis) is 1. The lowest BCUT2D eigenvalue weighted by molar-refractivity contribution is -0.126. The van der Waals surface area contributed by atoms with Crippen LogP contribution in [0.1, 0.15) is 57.4 Å². The van der Waals surface area contributed by atoms with E-state index in [1.54, 1.807) is 0 Å². The Morgan fingerprint density at radius 2 is 1.78 bits per heavy atom. The Labute approximate surface area is 162 Å². The second kappa shape index (κ2) is 13.8. The average Bonchev–Trinajstić information content (AvgIpc) is 2.67. The van der Waals surface area contributed by atoms with E-state index in [4.69, 9.17) is 4.74 Å². The maximum Gasteiger partial charge on any atom is 0.407 e. The molecule has 1 rings (SSSR count). The topological polar surface area (TPSA) is 84.5 Å². The van der Waals surface area contributed by atoms with Gasteiger partial charge in [-0.3, -0.25) is 9.59 Å². The Balaban J connectivity index is 2.45. The second-order valence-corrected chi connectivity index (χ2v) is 6.58. The highest BCUT2D eigenvalue weighted by atomic mass is 16.5. The molecule has 150 valence electrons. The molecule has 0 heterocycles. The van der Waals surface area contributed by atoms with E-state index < -0.39 is 12.1 Å². The Morgan fingerprint density at radius 1 is 1.04 bits per heavy atom. The van der Waals surface area contributed by atoms with Gasteiger partial charge in [-0.1, -0.05) is 56.5 Å². The van der Waals surface area contributed by atoms with Crippen molar-refractivity contribution in [2.24, 2.45) is 0 Å². The van der Waals surface area contributed by atoms with Crippen molar-refractivity contribution in [3.05, 3.63) is 35.9 Å². The second-order valence-electron chi connectivity index (χ2n) is 6.58. The first-order valence-corrected chi connectivity index (χ1v) is 9.77. The van der Waals surface area contributed by atoms with Gasteiger partial charge in [0.25, 0.3) is 0 Å². The van der Waals surface area contributed by atoms with Gasteiger partial charge in [0.05, 0.1) is 19.1 Å². The lowest BCUT2D eigenvalue weighted by Gasteiger charge is -2.17. The van der Waals surface area contributed by atoms with Crippen LogP contribution >= 0.6 is 0 Å². The summed E-state index contributed by atoms with van der Waals surface area (Å²) in [7, 11) is 1.51. The van der Waals surface area contributed by atoms with Gasteiger partial charge in [-0.15, -0.1) is 0 Å². The monoisotopic (exact) mass is 376 g/mol. The molecular weight excluding hydrogens is 344 g/mol. The average molecular weight is 376 g/mol. The molecule has 1 aromatic rings. The third kappa shape index (κ3) is 10.4. The minimum Gasteiger partial charge on any atom is -0.450 e. The molecule has 0 radical (unpaired) electrons. The van der Waals surface area contributed by atoms with Crippen LogP contribution in [-0.2, 0) is 20.7 Å². The van der Waals surface area contributed by atoms with E-state index in [2.05, 4.69) is 17.6 Å². The molecule has 0 spiro atoms. The van der Waals surface area contributed by atoms with Gasteiger partial charge in [0, 0.05) is 13.5 Å². The first-order valence-electron chi connectivity index (χ1n) is 9.77. The number of ketones is 1. The molecular formula is C21H32N2O4. The van der Waals surface area contributed by atoms with Crippen LogP contribution in [0.5, 0.6) is 0 Å². The fourth-order valence-electron chi connectivity index (χ4n) is 2.70. The van der Waals surface area contributed by atoms with Crippen molar-refractivity contribution >= 4 is 17.8 Å². The molecule has 1 aromatic carbocycles. The summed E-state index contributed by atoms with van der Waals surface area (Å²) in [4.78, 5) is 36.1. The number of unbranched alkanes of at least 4 members (excludes halogenated alkanes) is 3. The molecule has 0 aliphatic heterocycles. The zero-order valence-corrected chi connectivity index (χ0v) is 16.5. The molecule has 0 bridgehead atoms. The Morgan fingerprint density at radius 3 is 2.44 bits per heavy atom. The molecule has 0 fully saturated rings. The number of hydrogen-bond acceptors (Lipinski definition) is 4. The third-order valence-electron chi connectivity index (χ3n) is 4.31. The number of benzene rings is 1. The van der Waals surface area contributed by atoms with Crippen LogP contribution in [-0.4, -0.2) is 37.5 Å². The summed E-state index contributed by atoms with van der Waals surface area (Å²) in [6, 6.07) is 9.05. The highest BCUT2D eigenvalue weighted by Crippen LogP contribution is 2.08. The molecule has 1 atom stereocenters. The summed E-state index contributed by atoms with van der Waals surface area (Å²) in [6.07, 6.45) is 5.04. The van der Waals surface area contributed by atoms with Gasteiger partial charge in [0.15, 0.2) is 5.78 Å². The number of aryl methyl sites for hydroxylation is 1. The molecule has 6 nitrogen and oxygen atoms in total. The largest absolute Gasteiger partial charge is 0.450 e. The Hall–Kier alpha value is -2.37. The van der Waals surface area contributed by atoms with E-state index in [0.29, 0.717) is 19.4 Å². The molecule has 6 heteroatoms. The van der Waals surface area contributed by atoms with E-state index >= 15 is 0 Å². The predicted octanol–water partition coefficient (Wildman–Crippen LogP) is 3.39. The van der Waals surface area contributed by atoms with Crippen molar-refractivity contribution in [1.82, 2.24) is 10.6 Å². The number of nitrogens with one attached hydrogen (secondary N) is 2. The van der Waals surface area contributed by atoms with Gasteiger partial charge < -0.3 is 15.4 Å². The number of Topliss-reactive ketones (excluding diaryl/α,β-unsaturated/α-hetero) is 1. The van der Waals surface area contributed by atoms with Crippen molar-refractivity contribution in [2.75, 3.05) is 13.7 Å². The van der Waals surface area contributed by atoms with Crippen LogP contribution < -0.4 is 10.6 Å². The van der Waals surface area contributed by atoms with Crippen molar-refractivity contribution < 1.29 is 19.1 Å². The summed E-state index contributed by atoms with van der Waals surface area (Å²) in [5.41, 5.74) is 1.16. The summed E-state index contributed by atoms with van der Waals surface area (Å²) in [5.74, 6) is -0.447. The van der Waals surface area contributed by atoms with Crippen LogP contribution in [0.3, 0.4) is 0 Å². The normalized spacial score (nSPS) is 11.5. The molecule has 0 aliphatic carbocycles. The minimum absolute atomic E-state index is 0.0778. The number of carbonyl (C=O) groups is 3. The van der Waals surface area contributed by atoms with Crippen LogP contribution in [0.2, 0.25) is 0 Å². The van der Waals surface area contributed by atoms with Gasteiger partial charge in [0.1, 0.15) is 0 Å². The number of amides is 2. The van der Waals surface area contributed by atoms with Crippen molar-refractivity contribution in [3.8, 4) is 0 Å². The molecule has 0 unspecified atom stereocenters. The Bertz CT molecular complexity index is 575. The van der Waals surface area contributed by atoms with E-state index in [9.17, 15) is 14.4 Å². The molecule has 0 aromatic heterocycles. The van der Waals surface area contributed by atoms with Gasteiger partial charge in [0.2, 0.25) is 5.91 Å². The number of hydrogen-bond donors (Lipinski definition) is 2. The maximum atomic E-state index is 12.5. The molecule has 0 aliphatic rings. The van der Waals surface area contributed by atoms with Crippen LogP contribution in [0.25, 0.3) is 0 Å². The van der Waals surface area contributed by atoms with E-state index in [-0.39, 0.29) is 18.1 Å². The molecule has 0 saturated carbocycles. The summed E-state index contributed by atoms with van der Waals surface area (Å²) < 4.78 is 5.12.